The van der Waals surface area contributed by atoms with Gasteiger partial charge in [-0.3, -0.25) is 9.59 Å². The number of likely N-dealkylation sites (N-methyl/N-ethyl adjacent to an activating group) is 1. The number of nitrogens with zero attached hydrogens (tertiary/aromatic N) is 3. The monoisotopic (exact) mass is 451 g/mol. The van der Waals surface area contributed by atoms with Crippen molar-refractivity contribution >= 4 is 48.4 Å². The Balaban J connectivity index is 2.02. The fraction of sp³-hybridized carbons (Fsp3) is 0.500. The molecular weight excluding hydrogens is 434 g/mol. The van der Waals surface area contributed by atoms with E-state index in [2.05, 4.69) is 20.8 Å². The summed E-state index contributed by atoms with van der Waals surface area (Å²) in [5.74, 6) is -0.252. The number of hydrogen-bond donors (Lipinski definition) is 0. The number of fused-ring (bicyclic) bond motifs is 1. The van der Waals surface area contributed by atoms with E-state index in [4.69, 9.17) is 17.8 Å². The maximum Gasteiger partial charge on any atom is 0.261 e. The highest BCUT2D eigenvalue weighted by Crippen LogP contribution is 2.63. The predicted molar refractivity (Wildman–Crippen MR) is 107 cm³/mol. The molecule has 1 spiro atoms. The van der Waals surface area contributed by atoms with Crippen LogP contribution in [0.3, 0.4) is 0 Å². The third-order valence-electron chi connectivity index (χ3n) is 6.19. The van der Waals surface area contributed by atoms with Crippen LogP contribution in [0.25, 0.3) is 4.85 Å². The molecule has 3 aliphatic heterocycles. The summed E-state index contributed by atoms with van der Waals surface area (Å²) < 4.78 is 0.884. The number of rotatable bonds is 1. The predicted octanol–water partition coefficient (Wildman–Crippen LogP) is 2.69. The van der Waals surface area contributed by atoms with E-state index in [0.29, 0.717) is 0 Å². The highest BCUT2D eigenvalue weighted by molar-refractivity contribution is 9.10. The molecule has 5 nitrogen and oxygen atoms in total. The number of hydrogen-bond acceptors (Lipinski definition) is 3. The van der Waals surface area contributed by atoms with Gasteiger partial charge in [-0.05, 0) is 57.7 Å². The van der Waals surface area contributed by atoms with Gasteiger partial charge in [0, 0.05) is 18.4 Å². The molecule has 3 unspecified atom stereocenters. The first-order valence-electron chi connectivity index (χ1n) is 8.24. The first kappa shape index (κ1) is 18.1. The molecule has 3 saturated heterocycles. The van der Waals surface area contributed by atoms with Gasteiger partial charge in [0.1, 0.15) is 6.04 Å². The molecule has 1 aromatic rings. The number of piperazine rings is 1. The van der Waals surface area contributed by atoms with Gasteiger partial charge in [-0.1, -0.05) is 22.0 Å². The van der Waals surface area contributed by atoms with Crippen LogP contribution in [0, 0.1) is 13.5 Å². The van der Waals surface area contributed by atoms with Crippen LogP contribution in [0.1, 0.15) is 37.4 Å². The molecule has 0 N–H and O–H groups in total. The molecule has 0 saturated carbocycles. The molecule has 0 aliphatic carbocycles. The topological polar surface area (TPSA) is 45.0 Å². The van der Waals surface area contributed by atoms with Crippen molar-refractivity contribution in [2.75, 3.05) is 7.05 Å². The molecule has 0 radical (unpaired) electrons. The third kappa shape index (κ3) is 1.73. The normalized spacial score (nSPS) is 40.9. The second-order valence-corrected chi connectivity index (χ2v) is 11.5. The van der Waals surface area contributed by atoms with E-state index >= 15 is 0 Å². The van der Waals surface area contributed by atoms with Crippen molar-refractivity contribution in [2.24, 2.45) is 0 Å². The van der Waals surface area contributed by atoms with Crippen molar-refractivity contribution in [2.45, 2.75) is 48.5 Å². The first-order valence-corrected chi connectivity index (χ1v) is 11.2. The Morgan fingerprint density at radius 3 is 2.62 bits per heavy atom. The van der Waals surface area contributed by atoms with Crippen molar-refractivity contribution in [1.29, 1.82) is 0 Å². The van der Waals surface area contributed by atoms with Gasteiger partial charge >= 0.3 is 0 Å². The zero-order valence-electron chi connectivity index (χ0n) is 14.9. The van der Waals surface area contributed by atoms with Gasteiger partial charge in [0.2, 0.25) is 0 Å². The van der Waals surface area contributed by atoms with E-state index in [1.54, 1.807) is 18.9 Å². The van der Waals surface area contributed by atoms with Gasteiger partial charge < -0.3 is 14.6 Å². The Morgan fingerprint density at radius 2 is 2.00 bits per heavy atom. The van der Waals surface area contributed by atoms with E-state index < -0.39 is 30.8 Å². The van der Waals surface area contributed by atoms with Crippen molar-refractivity contribution in [3.05, 3.63) is 45.2 Å². The van der Waals surface area contributed by atoms with Crippen LogP contribution in [-0.4, -0.2) is 43.9 Å². The van der Waals surface area contributed by atoms with Gasteiger partial charge in [0.25, 0.3) is 17.4 Å². The Bertz CT molecular complexity index is 960. The van der Waals surface area contributed by atoms with Crippen LogP contribution in [-0.2, 0) is 30.2 Å². The number of amides is 2. The fourth-order valence-corrected chi connectivity index (χ4v) is 8.58. The third-order valence-corrected chi connectivity index (χ3v) is 10.8. The number of halogens is 1. The standard InChI is InChI=1S/C18H18BrN3O2S2/c1-10-6-7-11(19)8-12(10)13-16(2,20-4)9-18-15(24)21(5)17(3,26(18)25)14(23)22(13)18/h6-8,13H,9H2,1-3,5H3/t13-,16-,17?,18?,26?/m0/s1. The number of aryl methyl sites for hydroxylation is 1. The van der Waals surface area contributed by atoms with E-state index in [0.717, 1.165) is 15.6 Å². The Kier molecular flexibility index (Phi) is 3.58. The highest BCUT2D eigenvalue weighted by Gasteiger charge is 2.82. The van der Waals surface area contributed by atoms with Crippen LogP contribution < -0.4 is 0 Å². The number of benzene rings is 1. The molecule has 4 rings (SSSR count). The first-order chi connectivity index (χ1) is 12.1. The van der Waals surface area contributed by atoms with Crippen molar-refractivity contribution in [3.8, 4) is 0 Å². The highest BCUT2D eigenvalue weighted by atomic mass is 79.9. The van der Waals surface area contributed by atoms with Crippen LogP contribution >= 0.6 is 15.9 Å². The number of carbonyl (C=O) groups excluding carboxylic acids is 2. The Hall–Kier alpha value is -1.30. The SMILES string of the molecule is [C-]#[N+][C@@]1(C)CC23C(=O)N(C)C(C)(C(=O)N2[C@H]1c1cc(Br)ccc1C)S3=S. The van der Waals surface area contributed by atoms with Crippen LogP contribution in [0.5, 0.6) is 0 Å². The summed E-state index contributed by atoms with van der Waals surface area (Å²) in [6, 6.07) is 5.38. The van der Waals surface area contributed by atoms with Crippen molar-refractivity contribution in [3.63, 3.8) is 0 Å². The van der Waals surface area contributed by atoms with E-state index in [1.807, 2.05) is 32.0 Å². The van der Waals surface area contributed by atoms with Gasteiger partial charge in [-0.2, -0.15) is 0 Å². The molecule has 2 amide bonds. The number of carbonyl (C=O) groups is 2. The summed E-state index contributed by atoms with van der Waals surface area (Å²) in [7, 11) is 0.751. The van der Waals surface area contributed by atoms with Crippen LogP contribution in [0.2, 0.25) is 0 Å². The molecule has 26 heavy (non-hydrogen) atoms. The molecule has 3 aliphatic rings. The average molecular weight is 452 g/mol. The second-order valence-electron chi connectivity index (χ2n) is 7.62. The minimum Gasteiger partial charge on any atom is -0.320 e. The molecule has 1 aromatic carbocycles. The maximum atomic E-state index is 13.5. The summed E-state index contributed by atoms with van der Waals surface area (Å²) in [6.45, 7) is 13.5. The zero-order valence-corrected chi connectivity index (χ0v) is 18.1. The Labute approximate surface area is 168 Å². The van der Waals surface area contributed by atoms with Crippen molar-refractivity contribution in [1.82, 2.24) is 9.80 Å². The largest absolute Gasteiger partial charge is 0.320 e. The van der Waals surface area contributed by atoms with Crippen LogP contribution in [0.15, 0.2) is 22.7 Å². The van der Waals surface area contributed by atoms with Crippen molar-refractivity contribution < 1.29 is 9.59 Å². The molecule has 0 aromatic heterocycles. The maximum absolute atomic E-state index is 13.5. The smallest absolute Gasteiger partial charge is 0.261 e. The summed E-state index contributed by atoms with van der Waals surface area (Å²) in [5.41, 5.74) is 1.01. The summed E-state index contributed by atoms with van der Waals surface area (Å²) in [5, 5.41) is 0. The second kappa shape index (κ2) is 5.15. The summed E-state index contributed by atoms with van der Waals surface area (Å²) in [4.78, 5) is 31.7. The van der Waals surface area contributed by atoms with Gasteiger partial charge in [0.15, 0.2) is 9.74 Å². The van der Waals surface area contributed by atoms with Gasteiger partial charge in [-0.15, -0.1) is 0 Å². The molecule has 5 atom stereocenters. The van der Waals surface area contributed by atoms with E-state index in [1.165, 1.54) is 4.90 Å². The zero-order chi connectivity index (χ0) is 19.2. The lowest BCUT2D eigenvalue weighted by Gasteiger charge is -2.39. The van der Waals surface area contributed by atoms with E-state index in [9.17, 15) is 9.59 Å². The molecule has 136 valence electrons. The van der Waals surface area contributed by atoms with E-state index in [-0.39, 0.29) is 18.2 Å². The quantitative estimate of drug-likeness (QED) is 0.616. The van der Waals surface area contributed by atoms with Crippen LogP contribution in [0.4, 0.5) is 0 Å². The molecule has 3 heterocycles. The lowest BCUT2D eigenvalue weighted by Crippen LogP contribution is -2.61. The molecule has 8 heteroatoms. The van der Waals surface area contributed by atoms with Gasteiger partial charge in [0.05, 0.1) is 6.42 Å². The molecular formula is C18H18BrN3O2S2. The Morgan fingerprint density at radius 1 is 1.35 bits per heavy atom. The average Bonchev–Trinajstić information content (AvgIpc) is 3.03. The lowest BCUT2D eigenvalue weighted by atomic mass is 9.85. The minimum atomic E-state index is -1.07. The van der Waals surface area contributed by atoms with Gasteiger partial charge in [-0.25, -0.2) is 6.57 Å². The molecule has 2 bridgehead atoms. The minimum absolute atomic E-state index is 0.122. The molecule has 3 fully saturated rings. The summed E-state index contributed by atoms with van der Waals surface area (Å²) >= 11 is 9.28. The lowest BCUT2D eigenvalue weighted by molar-refractivity contribution is -0.159. The summed E-state index contributed by atoms with van der Waals surface area (Å²) in [6.07, 6.45) is 0.289. The fourth-order valence-electron chi connectivity index (χ4n) is 4.68.